The van der Waals surface area contributed by atoms with Crippen LogP contribution in [0.4, 0.5) is 11.4 Å². The van der Waals surface area contributed by atoms with Gasteiger partial charge in [-0.15, -0.1) is 0 Å². The van der Waals surface area contributed by atoms with Crippen molar-refractivity contribution in [3.8, 4) is 6.07 Å². The van der Waals surface area contributed by atoms with Crippen molar-refractivity contribution in [3.63, 3.8) is 0 Å². The highest BCUT2D eigenvalue weighted by atomic mass is 16.6. The van der Waals surface area contributed by atoms with Crippen LogP contribution < -0.4 is 5.32 Å². The maximum atomic E-state index is 12.3. The van der Waals surface area contributed by atoms with Gasteiger partial charge in [-0.1, -0.05) is 31.2 Å². The van der Waals surface area contributed by atoms with Crippen molar-refractivity contribution in [3.05, 3.63) is 74.8 Å². The number of nitrogens with zero attached hydrogens (tertiary/aromatic N) is 2. The van der Waals surface area contributed by atoms with Gasteiger partial charge in [-0.3, -0.25) is 14.9 Å². The SMILES string of the molecule is CCc1ccc(/C=C(\C#N)C(=O)Nc2cccc(C)c2)cc1[N+](=O)[O-]. The molecule has 1 amide bonds. The summed E-state index contributed by atoms with van der Waals surface area (Å²) in [5, 5.41) is 23.0. The number of amides is 1. The molecule has 0 heterocycles. The molecule has 2 rings (SSSR count). The summed E-state index contributed by atoms with van der Waals surface area (Å²) in [6, 6.07) is 13.7. The van der Waals surface area contributed by atoms with Gasteiger partial charge in [-0.05, 0) is 42.7 Å². The number of anilines is 1. The van der Waals surface area contributed by atoms with Crippen LogP contribution in [0, 0.1) is 28.4 Å². The Bertz CT molecular complexity index is 895. The number of carbonyl (C=O) groups is 1. The molecule has 0 spiro atoms. The van der Waals surface area contributed by atoms with Crippen LogP contribution in [0.1, 0.15) is 23.6 Å². The molecule has 0 aliphatic heterocycles. The van der Waals surface area contributed by atoms with Crippen LogP contribution in [-0.4, -0.2) is 10.8 Å². The molecule has 0 aliphatic rings. The van der Waals surface area contributed by atoms with Gasteiger partial charge in [0, 0.05) is 17.3 Å². The maximum absolute atomic E-state index is 12.3. The van der Waals surface area contributed by atoms with E-state index in [0.29, 0.717) is 23.2 Å². The van der Waals surface area contributed by atoms with Gasteiger partial charge in [0.25, 0.3) is 11.6 Å². The molecule has 2 aromatic rings. The van der Waals surface area contributed by atoms with Gasteiger partial charge in [0.2, 0.25) is 0 Å². The molecular formula is C19H17N3O3. The molecule has 1 N–H and O–H groups in total. The number of hydrogen-bond acceptors (Lipinski definition) is 4. The molecule has 126 valence electrons. The molecule has 6 nitrogen and oxygen atoms in total. The summed E-state index contributed by atoms with van der Waals surface area (Å²) in [4.78, 5) is 22.9. The van der Waals surface area contributed by atoms with Crippen molar-refractivity contribution in [2.45, 2.75) is 20.3 Å². The molecule has 2 aromatic carbocycles. The molecule has 25 heavy (non-hydrogen) atoms. The topological polar surface area (TPSA) is 96.0 Å². The number of aryl methyl sites for hydroxylation is 2. The minimum Gasteiger partial charge on any atom is -0.321 e. The smallest absolute Gasteiger partial charge is 0.273 e. The average molecular weight is 335 g/mol. The van der Waals surface area contributed by atoms with Gasteiger partial charge in [-0.25, -0.2) is 0 Å². The first-order valence-corrected chi connectivity index (χ1v) is 7.71. The average Bonchev–Trinajstić information content (AvgIpc) is 2.59. The molecule has 0 saturated heterocycles. The zero-order valence-corrected chi connectivity index (χ0v) is 13.9. The van der Waals surface area contributed by atoms with E-state index in [1.165, 1.54) is 12.1 Å². The van der Waals surface area contributed by atoms with Crippen molar-refractivity contribution in [2.75, 3.05) is 5.32 Å². The fraction of sp³-hybridized carbons (Fsp3) is 0.158. The van der Waals surface area contributed by atoms with Crippen LogP contribution in [-0.2, 0) is 11.2 Å². The first kappa shape index (κ1) is 17.9. The highest BCUT2D eigenvalue weighted by Crippen LogP contribution is 2.22. The summed E-state index contributed by atoms with van der Waals surface area (Å²) in [6.45, 7) is 3.72. The number of nitriles is 1. The van der Waals surface area contributed by atoms with Crippen LogP contribution in [0.2, 0.25) is 0 Å². The summed E-state index contributed by atoms with van der Waals surface area (Å²) in [5.41, 5.74) is 2.45. The molecule has 0 aromatic heterocycles. The maximum Gasteiger partial charge on any atom is 0.273 e. The van der Waals surface area contributed by atoms with E-state index in [2.05, 4.69) is 5.32 Å². The summed E-state index contributed by atoms with van der Waals surface area (Å²) in [5.74, 6) is -0.560. The van der Waals surface area contributed by atoms with E-state index in [1.807, 2.05) is 26.0 Å². The second-order valence-electron chi connectivity index (χ2n) is 5.49. The lowest BCUT2D eigenvalue weighted by Gasteiger charge is -2.05. The largest absolute Gasteiger partial charge is 0.321 e. The van der Waals surface area contributed by atoms with Gasteiger partial charge in [0.05, 0.1) is 4.92 Å². The third-order valence-electron chi connectivity index (χ3n) is 3.64. The molecular weight excluding hydrogens is 318 g/mol. The van der Waals surface area contributed by atoms with Gasteiger partial charge in [-0.2, -0.15) is 5.26 Å². The third-order valence-corrected chi connectivity index (χ3v) is 3.64. The van der Waals surface area contributed by atoms with Gasteiger partial charge in [0.15, 0.2) is 0 Å². The van der Waals surface area contributed by atoms with Crippen molar-refractivity contribution in [1.29, 1.82) is 5.26 Å². The normalized spacial score (nSPS) is 10.8. The number of nitrogens with one attached hydrogen (secondary N) is 1. The van der Waals surface area contributed by atoms with Crippen molar-refractivity contribution in [2.24, 2.45) is 0 Å². The second-order valence-corrected chi connectivity index (χ2v) is 5.49. The van der Waals surface area contributed by atoms with Crippen molar-refractivity contribution in [1.82, 2.24) is 0 Å². The second kappa shape index (κ2) is 7.88. The fourth-order valence-corrected chi connectivity index (χ4v) is 2.38. The Labute approximate surface area is 145 Å². The van der Waals surface area contributed by atoms with Crippen LogP contribution in [0.5, 0.6) is 0 Å². The number of nitro benzene ring substituents is 1. The minimum absolute atomic E-state index is 0.0207. The van der Waals surface area contributed by atoms with Gasteiger partial charge >= 0.3 is 0 Å². The Morgan fingerprint density at radius 1 is 1.32 bits per heavy atom. The van der Waals surface area contributed by atoms with E-state index < -0.39 is 10.8 Å². The molecule has 0 saturated carbocycles. The van der Waals surface area contributed by atoms with Gasteiger partial charge < -0.3 is 5.32 Å². The number of benzene rings is 2. The Morgan fingerprint density at radius 3 is 2.68 bits per heavy atom. The van der Waals surface area contributed by atoms with E-state index in [4.69, 9.17) is 0 Å². The summed E-state index contributed by atoms with van der Waals surface area (Å²) in [7, 11) is 0. The van der Waals surface area contributed by atoms with Crippen LogP contribution in [0.25, 0.3) is 6.08 Å². The minimum atomic E-state index is -0.560. The quantitative estimate of drug-likeness (QED) is 0.386. The molecule has 6 heteroatoms. The summed E-state index contributed by atoms with van der Waals surface area (Å²) >= 11 is 0. The van der Waals surface area contributed by atoms with Crippen LogP contribution in [0.3, 0.4) is 0 Å². The summed E-state index contributed by atoms with van der Waals surface area (Å²) in [6.07, 6.45) is 1.87. The Balaban J connectivity index is 2.31. The van der Waals surface area contributed by atoms with Crippen LogP contribution in [0.15, 0.2) is 48.0 Å². The van der Waals surface area contributed by atoms with Crippen molar-refractivity contribution < 1.29 is 9.72 Å². The zero-order valence-electron chi connectivity index (χ0n) is 13.9. The highest BCUT2D eigenvalue weighted by molar-refractivity contribution is 6.09. The number of hydrogen-bond donors (Lipinski definition) is 1. The molecule has 0 fully saturated rings. The molecule has 0 unspecified atom stereocenters. The Kier molecular flexibility index (Phi) is 5.64. The monoisotopic (exact) mass is 335 g/mol. The predicted octanol–water partition coefficient (Wildman–Crippen LogP) is 4.01. The van der Waals surface area contributed by atoms with E-state index in [0.717, 1.165) is 5.56 Å². The lowest BCUT2D eigenvalue weighted by molar-refractivity contribution is -0.385. The summed E-state index contributed by atoms with van der Waals surface area (Å²) < 4.78 is 0. The fourth-order valence-electron chi connectivity index (χ4n) is 2.38. The standard InChI is InChI=1S/C19H17N3O3/c1-3-15-8-7-14(11-18(15)22(24)25)10-16(12-20)19(23)21-17-6-4-5-13(2)9-17/h4-11H,3H2,1-2H3,(H,21,23)/b16-10+. The lowest BCUT2D eigenvalue weighted by atomic mass is 10.0. The van der Waals surface area contributed by atoms with Gasteiger partial charge in [0.1, 0.15) is 11.6 Å². The van der Waals surface area contributed by atoms with Crippen molar-refractivity contribution >= 4 is 23.4 Å². The Hall–Kier alpha value is -3.46. The number of carbonyl (C=O) groups excluding carboxylic acids is 1. The molecule has 0 bridgehead atoms. The van der Waals surface area contributed by atoms with E-state index >= 15 is 0 Å². The highest BCUT2D eigenvalue weighted by Gasteiger charge is 2.14. The third kappa shape index (κ3) is 4.52. The van der Waals surface area contributed by atoms with E-state index in [9.17, 15) is 20.2 Å². The first-order chi connectivity index (χ1) is 11.9. The zero-order chi connectivity index (χ0) is 18.4. The number of nitro groups is 1. The van der Waals surface area contributed by atoms with E-state index in [-0.39, 0.29) is 11.3 Å². The van der Waals surface area contributed by atoms with E-state index in [1.54, 1.807) is 30.3 Å². The molecule has 0 aliphatic carbocycles. The molecule has 0 atom stereocenters. The predicted molar refractivity (Wildman–Crippen MR) is 95.9 cm³/mol. The lowest BCUT2D eigenvalue weighted by Crippen LogP contribution is -2.13. The first-order valence-electron chi connectivity index (χ1n) is 7.71. The number of rotatable bonds is 5. The Morgan fingerprint density at radius 2 is 2.08 bits per heavy atom. The molecule has 0 radical (unpaired) electrons. The van der Waals surface area contributed by atoms with Crippen LogP contribution >= 0.6 is 0 Å².